The van der Waals surface area contributed by atoms with Crippen LogP contribution < -0.4 is 10.6 Å². The molecule has 0 saturated heterocycles. The smallest absolute Gasteiger partial charge is 0.255 e. The zero-order chi connectivity index (χ0) is 14.4. The van der Waals surface area contributed by atoms with Crippen molar-refractivity contribution in [1.29, 1.82) is 0 Å². The van der Waals surface area contributed by atoms with Crippen molar-refractivity contribution in [2.45, 2.75) is 0 Å². The van der Waals surface area contributed by atoms with Crippen LogP contribution >= 0.6 is 11.6 Å². The van der Waals surface area contributed by atoms with Crippen molar-refractivity contribution in [3.05, 3.63) is 65.8 Å². The van der Waals surface area contributed by atoms with Gasteiger partial charge in [0.25, 0.3) is 5.91 Å². The van der Waals surface area contributed by atoms with Gasteiger partial charge in [0.15, 0.2) is 0 Å². The minimum Gasteiger partial charge on any atom is -0.367 e. The Labute approximate surface area is 122 Å². The summed E-state index contributed by atoms with van der Waals surface area (Å²) in [4.78, 5) is 16.2. The van der Waals surface area contributed by atoms with Crippen molar-refractivity contribution in [2.24, 2.45) is 0 Å². The van der Waals surface area contributed by atoms with Gasteiger partial charge in [0.1, 0.15) is 5.82 Å². The number of rotatable bonds is 5. The molecule has 0 atom stereocenters. The highest BCUT2D eigenvalue weighted by Gasteiger charge is 2.06. The lowest BCUT2D eigenvalue weighted by Gasteiger charge is -2.06. The third-order valence-corrected chi connectivity index (χ3v) is 2.81. The number of aromatic nitrogens is 1. The standard InChI is InChI=1S/C15H14ClN3O/c1-2-9-17-14-8-7-13(10-18-14)19-15(20)11-3-5-12(16)6-4-11/h2-8,10H,1,9H2,(H,17,18)(H,19,20). The minimum absolute atomic E-state index is 0.199. The Balaban J connectivity index is 2.00. The van der Waals surface area contributed by atoms with E-state index in [-0.39, 0.29) is 5.91 Å². The zero-order valence-electron chi connectivity index (χ0n) is 10.8. The Morgan fingerprint density at radius 1 is 1.25 bits per heavy atom. The second-order valence-corrected chi connectivity index (χ2v) is 4.50. The number of hydrogen-bond acceptors (Lipinski definition) is 3. The van der Waals surface area contributed by atoms with Gasteiger partial charge in [-0.25, -0.2) is 4.98 Å². The average molecular weight is 288 g/mol. The monoisotopic (exact) mass is 287 g/mol. The first-order valence-corrected chi connectivity index (χ1v) is 6.44. The molecular weight excluding hydrogens is 274 g/mol. The summed E-state index contributed by atoms with van der Waals surface area (Å²) in [6, 6.07) is 10.3. The highest BCUT2D eigenvalue weighted by atomic mass is 35.5. The molecule has 0 aliphatic rings. The number of carbonyl (C=O) groups is 1. The van der Waals surface area contributed by atoms with Crippen molar-refractivity contribution < 1.29 is 4.79 Å². The topological polar surface area (TPSA) is 54.0 Å². The van der Waals surface area contributed by atoms with E-state index in [1.165, 1.54) is 0 Å². The Bertz CT molecular complexity index is 594. The largest absolute Gasteiger partial charge is 0.367 e. The number of nitrogens with zero attached hydrogens (tertiary/aromatic N) is 1. The molecule has 1 heterocycles. The summed E-state index contributed by atoms with van der Waals surface area (Å²) in [5, 5.41) is 6.42. The Hall–Kier alpha value is -2.33. The normalized spacial score (nSPS) is 9.85. The van der Waals surface area contributed by atoms with E-state index < -0.39 is 0 Å². The summed E-state index contributed by atoms with van der Waals surface area (Å²) >= 11 is 5.78. The summed E-state index contributed by atoms with van der Waals surface area (Å²) < 4.78 is 0. The van der Waals surface area contributed by atoms with Crippen LogP contribution in [0, 0.1) is 0 Å². The summed E-state index contributed by atoms with van der Waals surface area (Å²) in [6.07, 6.45) is 3.34. The lowest BCUT2D eigenvalue weighted by molar-refractivity contribution is 0.102. The third kappa shape index (κ3) is 3.83. The average Bonchev–Trinajstić information content (AvgIpc) is 2.47. The predicted octanol–water partition coefficient (Wildman–Crippen LogP) is 3.59. The van der Waals surface area contributed by atoms with Crippen molar-refractivity contribution in [3.63, 3.8) is 0 Å². The van der Waals surface area contributed by atoms with Crippen LogP contribution in [0.1, 0.15) is 10.4 Å². The first kappa shape index (κ1) is 14.1. The van der Waals surface area contributed by atoms with Gasteiger partial charge in [0, 0.05) is 17.1 Å². The maximum atomic E-state index is 12.0. The number of nitrogens with one attached hydrogen (secondary N) is 2. The molecule has 0 radical (unpaired) electrons. The van der Waals surface area contributed by atoms with Crippen molar-refractivity contribution >= 4 is 29.0 Å². The van der Waals surface area contributed by atoms with Crippen LogP contribution in [0.25, 0.3) is 0 Å². The molecular formula is C15H14ClN3O. The number of carbonyl (C=O) groups excluding carboxylic acids is 1. The van der Waals surface area contributed by atoms with E-state index in [0.29, 0.717) is 22.8 Å². The fourth-order valence-corrected chi connectivity index (χ4v) is 1.68. The van der Waals surface area contributed by atoms with Gasteiger partial charge in [0.2, 0.25) is 0 Å². The van der Waals surface area contributed by atoms with E-state index in [9.17, 15) is 4.79 Å². The fourth-order valence-electron chi connectivity index (χ4n) is 1.55. The molecule has 2 aromatic rings. The number of anilines is 2. The maximum absolute atomic E-state index is 12.0. The van der Waals surface area contributed by atoms with Gasteiger partial charge in [0.05, 0.1) is 11.9 Å². The molecule has 0 aliphatic heterocycles. The van der Waals surface area contributed by atoms with E-state index >= 15 is 0 Å². The quantitative estimate of drug-likeness (QED) is 0.826. The molecule has 4 nitrogen and oxygen atoms in total. The van der Waals surface area contributed by atoms with Crippen LogP contribution in [-0.4, -0.2) is 17.4 Å². The lowest BCUT2D eigenvalue weighted by Crippen LogP contribution is -2.12. The number of halogens is 1. The molecule has 0 saturated carbocycles. The van der Waals surface area contributed by atoms with Crippen LogP contribution in [-0.2, 0) is 0 Å². The van der Waals surface area contributed by atoms with Gasteiger partial charge in [-0.2, -0.15) is 0 Å². The zero-order valence-corrected chi connectivity index (χ0v) is 11.5. The van der Waals surface area contributed by atoms with Crippen LogP contribution in [0.2, 0.25) is 5.02 Å². The molecule has 2 rings (SSSR count). The van der Waals surface area contributed by atoms with Crippen LogP contribution in [0.3, 0.4) is 0 Å². The van der Waals surface area contributed by atoms with Crippen molar-refractivity contribution in [3.8, 4) is 0 Å². The summed E-state index contributed by atoms with van der Waals surface area (Å²) in [5.41, 5.74) is 1.18. The van der Waals surface area contributed by atoms with E-state index in [2.05, 4.69) is 22.2 Å². The molecule has 1 aromatic heterocycles. The van der Waals surface area contributed by atoms with E-state index in [1.54, 1.807) is 48.7 Å². The van der Waals surface area contributed by atoms with Crippen LogP contribution in [0.5, 0.6) is 0 Å². The van der Waals surface area contributed by atoms with Gasteiger partial charge in [-0.05, 0) is 36.4 Å². The van der Waals surface area contributed by atoms with Crippen molar-refractivity contribution in [2.75, 3.05) is 17.2 Å². The molecule has 0 bridgehead atoms. The maximum Gasteiger partial charge on any atom is 0.255 e. The fraction of sp³-hybridized carbons (Fsp3) is 0.0667. The Kier molecular flexibility index (Phi) is 4.74. The van der Waals surface area contributed by atoms with Gasteiger partial charge < -0.3 is 10.6 Å². The second kappa shape index (κ2) is 6.73. The van der Waals surface area contributed by atoms with Crippen LogP contribution in [0.4, 0.5) is 11.5 Å². The highest BCUT2D eigenvalue weighted by Crippen LogP contribution is 2.13. The van der Waals surface area contributed by atoms with Gasteiger partial charge in [-0.15, -0.1) is 6.58 Å². The number of benzene rings is 1. The molecule has 1 aromatic carbocycles. The van der Waals surface area contributed by atoms with Gasteiger partial charge in [-0.3, -0.25) is 4.79 Å². The van der Waals surface area contributed by atoms with Gasteiger partial charge in [-0.1, -0.05) is 17.7 Å². The summed E-state index contributed by atoms with van der Waals surface area (Å²) in [7, 11) is 0. The molecule has 0 fully saturated rings. The van der Waals surface area contributed by atoms with Gasteiger partial charge >= 0.3 is 0 Å². The molecule has 0 unspecified atom stereocenters. The number of hydrogen-bond donors (Lipinski definition) is 2. The van der Waals surface area contributed by atoms with Crippen molar-refractivity contribution in [1.82, 2.24) is 4.98 Å². The summed E-state index contributed by atoms with van der Waals surface area (Å²) in [5.74, 6) is 0.532. The minimum atomic E-state index is -0.199. The molecule has 0 spiro atoms. The predicted molar refractivity (Wildman–Crippen MR) is 82.3 cm³/mol. The number of amides is 1. The third-order valence-electron chi connectivity index (χ3n) is 2.56. The molecule has 102 valence electrons. The Morgan fingerprint density at radius 2 is 2.00 bits per heavy atom. The van der Waals surface area contributed by atoms with E-state index in [4.69, 9.17) is 11.6 Å². The molecule has 0 aliphatic carbocycles. The molecule has 20 heavy (non-hydrogen) atoms. The molecule has 2 N–H and O–H groups in total. The first-order chi connectivity index (χ1) is 9.69. The Morgan fingerprint density at radius 3 is 2.60 bits per heavy atom. The molecule has 5 heteroatoms. The highest BCUT2D eigenvalue weighted by molar-refractivity contribution is 6.30. The lowest BCUT2D eigenvalue weighted by atomic mass is 10.2. The number of pyridine rings is 1. The SMILES string of the molecule is C=CCNc1ccc(NC(=O)c2ccc(Cl)cc2)cn1. The first-order valence-electron chi connectivity index (χ1n) is 6.07. The summed E-state index contributed by atoms with van der Waals surface area (Å²) in [6.45, 7) is 4.26. The molecule has 1 amide bonds. The van der Waals surface area contributed by atoms with E-state index in [1.807, 2.05) is 0 Å². The second-order valence-electron chi connectivity index (χ2n) is 4.06. The van der Waals surface area contributed by atoms with E-state index in [0.717, 1.165) is 5.82 Å². The van der Waals surface area contributed by atoms with Crippen LogP contribution in [0.15, 0.2) is 55.3 Å².